The monoisotopic (exact) mass is 287 g/mol. The number of nitrogens with zero attached hydrogens (tertiary/aromatic N) is 2. The van der Waals surface area contributed by atoms with Gasteiger partial charge in [0.2, 0.25) is 0 Å². The van der Waals surface area contributed by atoms with Gasteiger partial charge in [-0.15, -0.1) is 0 Å². The van der Waals surface area contributed by atoms with E-state index in [1.54, 1.807) is 0 Å². The number of para-hydroxylation sites is 1. The van der Waals surface area contributed by atoms with E-state index >= 15 is 0 Å². The van der Waals surface area contributed by atoms with Gasteiger partial charge in [-0.2, -0.15) is 0 Å². The van der Waals surface area contributed by atoms with Crippen molar-refractivity contribution < 1.29 is 4.79 Å². The Balaban J connectivity index is 1.84. The first kappa shape index (κ1) is 15.4. The fourth-order valence-electron chi connectivity index (χ4n) is 2.24. The largest absolute Gasteiger partial charge is 0.368 e. The highest BCUT2D eigenvalue weighted by Crippen LogP contribution is 2.15. The Morgan fingerprint density at radius 1 is 1.14 bits per heavy atom. The molecular weight excluding hydrogens is 262 g/mol. The maximum absolute atomic E-state index is 12.1. The van der Waals surface area contributed by atoms with Crippen LogP contribution in [-0.2, 0) is 0 Å². The smallest absolute Gasteiger partial charge is 0.321 e. The van der Waals surface area contributed by atoms with Crippen LogP contribution in [-0.4, -0.2) is 37.1 Å². The molecule has 1 heterocycles. The van der Waals surface area contributed by atoms with Crippen molar-refractivity contribution in [1.82, 2.24) is 10.2 Å². The van der Waals surface area contributed by atoms with Gasteiger partial charge in [0, 0.05) is 38.1 Å². The number of urea groups is 1. The van der Waals surface area contributed by atoms with Gasteiger partial charge in [-0.3, -0.25) is 0 Å². The van der Waals surface area contributed by atoms with Crippen LogP contribution in [0.4, 0.5) is 10.5 Å². The summed E-state index contributed by atoms with van der Waals surface area (Å²) < 4.78 is 0. The van der Waals surface area contributed by atoms with Gasteiger partial charge in [0.15, 0.2) is 0 Å². The van der Waals surface area contributed by atoms with E-state index in [4.69, 9.17) is 0 Å². The Morgan fingerprint density at radius 3 is 2.33 bits per heavy atom. The van der Waals surface area contributed by atoms with E-state index in [9.17, 15) is 4.79 Å². The number of amides is 2. The third-order valence-corrected chi connectivity index (χ3v) is 4.02. The average Bonchev–Trinajstić information content (AvgIpc) is 2.53. The number of rotatable bonds is 3. The predicted octanol–water partition coefficient (Wildman–Crippen LogP) is 3.08. The summed E-state index contributed by atoms with van der Waals surface area (Å²) in [6, 6.07) is 10.4. The van der Waals surface area contributed by atoms with Gasteiger partial charge in [-0.05, 0) is 25.0 Å². The van der Waals surface area contributed by atoms with Crippen molar-refractivity contribution in [3.8, 4) is 0 Å². The molecule has 1 aliphatic rings. The molecule has 1 aromatic carbocycles. The summed E-state index contributed by atoms with van der Waals surface area (Å²) in [5.41, 5.74) is 2.42. The summed E-state index contributed by atoms with van der Waals surface area (Å²) in [4.78, 5) is 16.3. The minimum atomic E-state index is 0.00251. The van der Waals surface area contributed by atoms with E-state index in [0.717, 1.165) is 26.2 Å². The van der Waals surface area contributed by atoms with Crippen LogP contribution in [0.5, 0.6) is 0 Å². The lowest BCUT2D eigenvalue weighted by Crippen LogP contribution is -2.51. The Labute approximate surface area is 127 Å². The molecule has 2 amide bonds. The summed E-state index contributed by atoms with van der Waals surface area (Å²) in [5, 5.41) is 2.89. The van der Waals surface area contributed by atoms with Crippen molar-refractivity contribution in [3.05, 3.63) is 42.1 Å². The summed E-state index contributed by atoms with van der Waals surface area (Å²) in [6.45, 7) is 9.56. The molecule has 4 heteroatoms. The zero-order valence-electron chi connectivity index (χ0n) is 13.2. The maximum Gasteiger partial charge on any atom is 0.321 e. The highest BCUT2D eigenvalue weighted by molar-refractivity contribution is 5.75. The summed E-state index contributed by atoms with van der Waals surface area (Å²) in [7, 11) is 0. The topological polar surface area (TPSA) is 35.6 Å². The van der Waals surface area contributed by atoms with Crippen LogP contribution < -0.4 is 10.2 Å². The molecule has 4 nitrogen and oxygen atoms in total. The molecule has 1 aliphatic heterocycles. The average molecular weight is 287 g/mol. The molecule has 0 saturated carbocycles. The summed E-state index contributed by atoms with van der Waals surface area (Å²) in [6.07, 6.45) is 1.83. The van der Waals surface area contributed by atoms with Gasteiger partial charge in [0.25, 0.3) is 0 Å². The van der Waals surface area contributed by atoms with Gasteiger partial charge in [0.05, 0.1) is 0 Å². The molecule has 0 spiro atoms. The second-order valence-corrected chi connectivity index (χ2v) is 5.80. The van der Waals surface area contributed by atoms with E-state index in [1.165, 1.54) is 11.3 Å². The number of nitrogens with one attached hydrogen (secondary N) is 1. The van der Waals surface area contributed by atoms with Crippen LogP contribution in [0.1, 0.15) is 20.8 Å². The molecule has 2 rings (SSSR count). The summed E-state index contributed by atoms with van der Waals surface area (Å²) >= 11 is 0. The second kappa shape index (κ2) is 7.16. The van der Waals surface area contributed by atoms with Crippen LogP contribution >= 0.6 is 0 Å². The number of hydrogen-bond donors (Lipinski definition) is 1. The summed E-state index contributed by atoms with van der Waals surface area (Å²) in [5.74, 6) is 0.459. The first-order valence-electron chi connectivity index (χ1n) is 7.60. The normalized spacial score (nSPS) is 16.3. The number of allylic oxidation sites excluding steroid dienone is 1. The number of anilines is 1. The zero-order valence-corrected chi connectivity index (χ0v) is 13.2. The Morgan fingerprint density at radius 2 is 1.76 bits per heavy atom. The van der Waals surface area contributed by atoms with Crippen molar-refractivity contribution in [2.75, 3.05) is 31.1 Å². The van der Waals surface area contributed by atoms with E-state index in [2.05, 4.69) is 36.2 Å². The lowest BCUT2D eigenvalue weighted by Gasteiger charge is -2.35. The quantitative estimate of drug-likeness (QED) is 0.927. The molecule has 0 aliphatic carbocycles. The van der Waals surface area contributed by atoms with Gasteiger partial charge in [-0.25, -0.2) is 4.79 Å². The fraction of sp³-hybridized carbons (Fsp3) is 0.471. The third kappa shape index (κ3) is 4.25. The van der Waals surface area contributed by atoms with Crippen LogP contribution in [0.2, 0.25) is 0 Å². The maximum atomic E-state index is 12.1. The van der Waals surface area contributed by atoms with Crippen LogP contribution in [0, 0.1) is 5.92 Å². The molecule has 0 aromatic heterocycles. The Bertz CT molecular complexity index is 488. The van der Waals surface area contributed by atoms with Crippen LogP contribution in [0.15, 0.2) is 42.1 Å². The molecule has 0 atom stereocenters. The number of carbonyl (C=O) groups excluding carboxylic acids is 1. The third-order valence-electron chi connectivity index (χ3n) is 4.02. The van der Waals surface area contributed by atoms with E-state index in [0.29, 0.717) is 5.92 Å². The SMILES string of the molecule is C/C(=C\NC(=O)N1CCN(c2ccccc2)CC1)C(C)C. The molecule has 1 fully saturated rings. The zero-order chi connectivity index (χ0) is 15.2. The minimum Gasteiger partial charge on any atom is -0.368 e. The predicted molar refractivity (Wildman–Crippen MR) is 87.4 cm³/mol. The molecule has 21 heavy (non-hydrogen) atoms. The molecule has 1 N–H and O–H groups in total. The van der Waals surface area contributed by atoms with Crippen molar-refractivity contribution in [2.45, 2.75) is 20.8 Å². The van der Waals surface area contributed by atoms with Gasteiger partial charge in [-0.1, -0.05) is 37.6 Å². The van der Waals surface area contributed by atoms with Crippen LogP contribution in [0.3, 0.4) is 0 Å². The molecule has 1 saturated heterocycles. The van der Waals surface area contributed by atoms with Crippen molar-refractivity contribution in [2.24, 2.45) is 5.92 Å². The molecule has 0 radical (unpaired) electrons. The van der Waals surface area contributed by atoms with Crippen molar-refractivity contribution in [1.29, 1.82) is 0 Å². The molecule has 114 valence electrons. The van der Waals surface area contributed by atoms with Gasteiger partial charge < -0.3 is 15.1 Å². The second-order valence-electron chi connectivity index (χ2n) is 5.80. The van der Waals surface area contributed by atoms with Crippen LogP contribution in [0.25, 0.3) is 0 Å². The van der Waals surface area contributed by atoms with Gasteiger partial charge >= 0.3 is 6.03 Å². The number of carbonyl (C=O) groups is 1. The Hall–Kier alpha value is -1.97. The molecular formula is C17H25N3O. The number of hydrogen-bond acceptors (Lipinski definition) is 2. The lowest BCUT2D eigenvalue weighted by atomic mass is 10.1. The molecule has 0 unspecified atom stereocenters. The number of benzene rings is 1. The van der Waals surface area contributed by atoms with Gasteiger partial charge in [0.1, 0.15) is 0 Å². The Kier molecular flexibility index (Phi) is 5.26. The standard InChI is InChI=1S/C17H25N3O/c1-14(2)15(3)13-18-17(21)20-11-9-19(10-12-20)16-7-5-4-6-8-16/h4-8,13-14H,9-12H2,1-3H3,(H,18,21)/b15-13+. The highest BCUT2D eigenvalue weighted by Gasteiger charge is 2.20. The first-order valence-corrected chi connectivity index (χ1v) is 7.60. The minimum absolute atomic E-state index is 0.00251. The highest BCUT2D eigenvalue weighted by atomic mass is 16.2. The molecule has 1 aromatic rings. The first-order chi connectivity index (χ1) is 10.1. The molecule has 0 bridgehead atoms. The fourth-order valence-corrected chi connectivity index (χ4v) is 2.24. The lowest BCUT2D eigenvalue weighted by molar-refractivity contribution is 0.198. The van der Waals surface area contributed by atoms with E-state index in [1.807, 2.05) is 36.2 Å². The number of piperazine rings is 1. The van der Waals surface area contributed by atoms with E-state index in [-0.39, 0.29) is 6.03 Å². The van der Waals surface area contributed by atoms with Crippen molar-refractivity contribution >= 4 is 11.7 Å². The van der Waals surface area contributed by atoms with Crippen molar-refractivity contribution in [3.63, 3.8) is 0 Å². The van der Waals surface area contributed by atoms with E-state index < -0.39 is 0 Å².